The lowest BCUT2D eigenvalue weighted by Gasteiger charge is -2.27. The molecule has 1 amide bonds. The molecule has 9 nitrogen and oxygen atoms in total. The molecule has 0 spiro atoms. The van der Waals surface area contributed by atoms with Gasteiger partial charge in [-0.15, -0.1) is 0 Å². The molecule has 0 aromatic rings. The number of phosphoric ester groups is 1. The number of phosphoric acid groups is 1. The molecule has 0 aliphatic carbocycles. The highest BCUT2D eigenvalue weighted by Gasteiger charge is 2.30. The maximum Gasteiger partial charge on any atom is 0.472 e. The van der Waals surface area contributed by atoms with Crippen molar-refractivity contribution in [2.24, 2.45) is 0 Å². The number of esters is 1. The third-order valence-electron chi connectivity index (χ3n) is 16.6. The third kappa shape index (κ3) is 64.5. The van der Waals surface area contributed by atoms with Gasteiger partial charge in [-0.2, -0.15) is 0 Å². The number of quaternary nitrogens is 1. The standard InChI is InChI=1S/C73H141N2O7P/c1-7-10-13-16-19-22-25-28-30-32-34-35-36-37-38-39-41-42-44-47-50-53-56-59-62-65-72(76)74-70(69-81-83(78,79)80-68-67-75(4,5)6)71(64-61-58-55-52-49-46-27-24-21-18-15-12-9-3)82-73(77)66-63-60-57-54-51-48-45-43-40-33-31-29-26-23-20-17-14-11-8-2/h19,22,28,30,61,64,70-71H,7-18,20-21,23-27,29,31-60,62-63,65-69H2,1-6H3,(H-,74,76,78,79)/p+1/b22-19-,30-28-,64-61-. The smallest absolute Gasteiger partial charge is 0.456 e. The largest absolute Gasteiger partial charge is 0.472 e. The summed E-state index contributed by atoms with van der Waals surface area (Å²) in [6.07, 6.45) is 78.7. The van der Waals surface area contributed by atoms with Crippen molar-refractivity contribution in [2.45, 2.75) is 380 Å². The van der Waals surface area contributed by atoms with E-state index < -0.39 is 20.0 Å². The summed E-state index contributed by atoms with van der Waals surface area (Å²) in [5, 5.41) is 3.08. The first-order valence-corrected chi connectivity index (χ1v) is 37.8. The van der Waals surface area contributed by atoms with E-state index in [0.717, 1.165) is 64.2 Å². The number of hydrogen-bond donors (Lipinski definition) is 2. The lowest BCUT2D eigenvalue weighted by molar-refractivity contribution is -0.870. The van der Waals surface area contributed by atoms with Gasteiger partial charge in [0, 0.05) is 12.8 Å². The normalized spacial score (nSPS) is 13.7. The summed E-state index contributed by atoms with van der Waals surface area (Å²) < 4.78 is 30.9. The molecule has 0 heterocycles. The van der Waals surface area contributed by atoms with Crippen molar-refractivity contribution in [1.82, 2.24) is 5.32 Å². The first-order chi connectivity index (χ1) is 40.4. The molecule has 0 aromatic carbocycles. The van der Waals surface area contributed by atoms with Crippen molar-refractivity contribution in [3.05, 3.63) is 36.5 Å². The highest BCUT2D eigenvalue weighted by molar-refractivity contribution is 7.47. The zero-order valence-electron chi connectivity index (χ0n) is 56.2. The number of allylic oxidation sites excluding steroid dienone is 5. The average molecular weight is 1190 g/mol. The van der Waals surface area contributed by atoms with Crippen LogP contribution in [0.4, 0.5) is 0 Å². The quantitative estimate of drug-likeness (QED) is 0.0205. The maximum atomic E-state index is 13.6. The Morgan fingerprint density at radius 1 is 0.422 bits per heavy atom. The van der Waals surface area contributed by atoms with E-state index in [0.29, 0.717) is 23.9 Å². The molecule has 0 saturated heterocycles. The van der Waals surface area contributed by atoms with E-state index in [2.05, 4.69) is 56.5 Å². The van der Waals surface area contributed by atoms with E-state index in [1.165, 1.54) is 270 Å². The molecule has 3 atom stereocenters. The van der Waals surface area contributed by atoms with Crippen LogP contribution in [0.3, 0.4) is 0 Å². The minimum Gasteiger partial charge on any atom is -0.456 e. The molecule has 0 saturated carbocycles. The van der Waals surface area contributed by atoms with Crippen LogP contribution in [0, 0.1) is 0 Å². The van der Waals surface area contributed by atoms with Gasteiger partial charge in [-0.3, -0.25) is 18.6 Å². The first-order valence-electron chi connectivity index (χ1n) is 36.3. The molecule has 490 valence electrons. The van der Waals surface area contributed by atoms with Crippen LogP contribution in [-0.2, 0) is 27.9 Å². The minimum atomic E-state index is -4.45. The summed E-state index contributed by atoms with van der Waals surface area (Å²) in [6.45, 7) is 7.06. The zero-order valence-corrected chi connectivity index (χ0v) is 57.1. The van der Waals surface area contributed by atoms with Crippen LogP contribution in [0.15, 0.2) is 36.5 Å². The molecular weight excluding hydrogens is 1050 g/mol. The Morgan fingerprint density at radius 2 is 0.735 bits per heavy atom. The van der Waals surface area contributed by atoms with E-state index >= 15 is 0 Å². The van der Waals surface area contributed by atoms with Crippen molar-refractivity contribution in [3.63, 3.8) is 0 Å². The fraction of sp³-hybridized carbons (Fsp3) is 0.890. The number of hydrogen-bond acceptors (Lipinski definition) is 6. The number of unbranched alkanes of at least 4 members (excludes halogenated alkanes) is 47. The van der Waals surface area contributed by atoms with Crippen LogP contribution < -0.4 is 5.32 Å². The van der Waals surface area contributed by atoms with E-state index in [1.807, 2.05) is 27.2 Å². The summed E-state index contributed by atoms with van der Waals surface area (Å²) in [6, 6.07) is -0.845. The molecule has 0 aromatic heterocycles. The molecule has 0 fully saturated rings. The number of nitrogens with one attached hydrogen (secondary N) is 1. The van der Waals surface area contributed by atoms with E-state index in [-0.39, 0.29) is 25.1 Å². The van der Waals surface area contributed by atoms with Crippen LogP contribution >= 0.6 is 7.82 Å². The lowest BCUT2D eigenvalue weighted by atomic mass is 10.0. The van der Waals surface area contributed by atoms with Gasteiger partial charge < -0.3 is 19.4 Å². The van der Waals surface area contributed by atoms with E-state index in [9.17, 15) is 19.0 Å². The van der Waals surface area contributed by atoms with Gasteiger partial charge in [0.15, 0.2) is 0 Å². The molecular formula is C73H142N2O7P+. The molecule has 10 heteroatoms. The predicted molar refractivity (Wildman–Crippen MR) is 360 cm³/mol. The van der Waals surface area contributed by atoms with Crippen LogP contribution in [0.1, 0.15) is 367 Å². The number of ether oxygens (including phenoxy) is 1. The summed E-state index contributed by atoms with van der Waals surface area (Å²) in [5.74, 6) is -0.482. The Balaban J connectivity index is 5.04. The minimum absolute atomic E-state index is 0.0437. The Kier molecular flexibility index (Phi) is 61.9. The van der Waals surface area contributed by atoms with Crippen molar-refractivity contribution in [1.29, 1.82) is 0 Å². The number of rotatable bonds is 67. The molecule has 0 rings (SSSR count). The summed E-state index contributed by atoms with van der Waals surface area (Å²) in [7, 11) is 1.52. The topological polar surface area (TPSA) is 111 Å². The van der Waals surface area contributed by atoms with Crippen LogP contribution in [0.2, 0.25) is 0 Å². The van der Waals surface area contributed by atoms with Crippen LogP contribution in [0.25, 0.3) is 0 Å². The van der Waals surface area contributed by atoms with Crippen LogP contribution in [0.5, 0.6) is 0 Å². The highest BCUT2D eigenvalue weighted by atomic mass is 31.2. The van der Waals surface area contributed by atoms with E-state index in [4.69, 9.17) is 13.8 Å². The Bertz CT molecular complexity index is 1510. The first kappa shape index (κ1) is 81.2. The fourth-order valence-electron chi connectivity index (χ4n) is 11.0. The van der Waals surface area contributed by atoms with Crippen molar-refractivity contribution < 1.29 is 37.3 Å². The van der Waals surface area contributed by atoms with E-state index in [1.54, 1.807) is 0 Å². The number of carbonyl (C=O) groups is 2. The molecule has 0 aliphatic rings. The fourth-order valence-corrected chi connectivity index (χ4v) is 11.7. The van der Waals surface area contributed by atoms with Gasteiger partial charge in [0.05, 0.1) is 33.8 Å². The van der Waals surface area contributed by atoms with Gasteiger partial charge >= 0.3 is 13.8 Å². The highest BCUT2D eigenvalue weighted by Crippen LogP contribution is 2.43. The Hall–Kier alpha value is -1.77. The summed E-state index contributed by atoms with van der Waals surface area (Å²) >= 11 is 0. The number of amides is 1. The second-order valence-electron chi connectivity index (χ2n) is 26.1. The van der Waals surface area contributed by atoms with Gasteiger partial charge in [-0.1, -0.05) is 327 Å². The summed E-state index contributed by atoms with van der Waals surface area (Å²) in [5.41, 5.74) is 0. The molecule has 83 heavy (non-hydrogen) atoms. The molecule has 3 unspecified atom stereocenters. The molecule has 0 radical (unpaired) electrons. The molecule has 0 bridgehead atoms. The van der Waals surface area contributed by atoms with Crippen molar-refractivity contribution >= 4 is 19.7 Å². The second kappa shape index (κ2) is 63.3. The predicted octanol–water partition coefficient (Wildman–Crippen LogP) is 23.0. The molecule has 0 aliphatic heterocycles. The summed E-state index contributed by atoms with van der Waals surface area (Å²) in [4.78, 5) is 37.9. The van der Waals surface area contributed by atoms with Gasteiger partial charge in [0.2, 0.25) is 5.91 Å². The van der Waals surface area contributed by atoms with Gasteiger partial charge in [-0.05, 0) is 63.9 Å². The Morgan fingerprint density at radius 3 is 1.11 bits per heavy atom. The van der Waals surface area contributed by atoms with Crippen molar-refractivity contribution in [3.8, 4) is 0 Å². The number of nitrogens with zero attached hydrogens (tertiary/aromatic N) is 1. The van der Waals surface area contributed by atoms with Crippen molar-refractivity contribution in [2.75, 3.05) is 40.9 Å². The van der Waals surface area contributed by atoms with Gasteiger partial charge in [-0.25, -0.2) is 4.57 Å². The SMILES string of the molecule is CCCCC/C=C\C/C=C\CCCCCCCCCCCCCCCCCC(=O)NC(COP(=O)(O)OCC[N+](C)(C)C)C(/C=C\CCCCCCCCCCCCC)OC(=O)CCCCCCCCCCCCCCCCCCCCC. The van der Waals surface area contributed by atoms with Gasteiger partial charge in [0.1, 0.15) is 19.3 Å². The third-order valence-corrected chi connectivity index (χ3v) is 17.6. The average Bonchev–Trinajstić information content (AvgIpc) is 3.46. The number of carbonyl (C=O) groups excluding carboxylic acids is 2. The Labute approximate surface area is 516 Å². The second-order valence-corrected chi connectivity index (χ2v) is 27.6. The number of likely N-dealkylation sites (N-methyl/N-ethyl adjacent to an activating group) is 1. The molecule has 2 N–H and O–H groups in total. The monoisotopic (exact) mass is 1190 g/mol. The zero-order chi connectivity index (χ0) is 60.7. The lowest BCUT2D eigenvalue weighted by Crippen LogP contribution is -2.47. The van der Waals surface area contributed by atoms with Crippen LogP contribution in [-0.4, -0.2) is 74.3 Å². The van der Waals surface area contributed by atoms with Gasteiger partial charge in [0.25, 0.3) is 0 Å². The maximum absolute atomic E-state index is 13.6.